The molecular weight excluding hydrogens is 508 g/mol. The highest BCUT2D eigenvalue weighted by atomic mass is 16.5. The van der Waals surface area contributed by atoms with E-state index in [1.807, 2.05) is 56.3 Å². The smallest absolute Gasteiger partial charge is 0.330 e. The van der Waals surface area contributed by atoms with E-state index in [9.17, 15) is 19.8 Å². The molecule has 0 heterocycles. The van der Waals surface area contributed by atoms with Gasteiger partial charge in [-0.15, -0.1) is 0 Å². The minimum Gasteiger partial charge on any atom is -0.497 e. The quantitative estimate of drug-likeness (QED) is 0.181. The van der Waals surface area contributed by atoms with Crippen LogP contribution in [-0.2, 0) is 33.5 Å². The lowest BCUT2D eigenvalue weighted by Gasteiger charge is -2.35. The fourth-order valence-electron chi connectivity index (χ4n) is 5.27. The zero-order chi connectivity index (χ0) is 29.1. The van der Waals surface area contributed by atoms with Crippen molar-refractivity contribution in [2.75, 3.05) is 34.0 Å². The highest BCUT2D eigenvalue weighted by Crippen LogP contribution is 2.31. The number of unbranched alkanes of at least 4 members (excludes halogenated alkanes) is 1. The Hall–Kier alpha value is -3.62. The number of benzene rings is 2. The zero-order valence-corrected chi connectivity index (χ0v) is 24.0. The van der Waals surface area contributed by atoms with Gasteiger partial charge in [-0.25, -0.2) is 9.59 Å². The van der Waals surface area contributed by atoms with Crippen molar-refractivity contribution in [1.82, 2.24) is 10.2 Å². The molecule has 0 fully saturated rings. The van der Waals surface area contributed by atoms with Crippen molar-refractivity contribution >= 4 is 12.0 Å². The first-order valence-electron chi connectivity index (χ1n) is 13.7. The van der Waals surface area contributed by atoms with Crippen molar-refractivity contribution in [3.8, 4) is 0 Å². The van der Waals surface area contributed by atoms with E-state index in [4.69, 9.17) is 9.47 Å². The number of amides is 2. The van der Waals surface area contributed by atoms with Crippen LogP contribution in [0.1, 0.15) is 43.4 Å². The van der Waals surface area contributed by atoms with Crippen molar-refractivity contribution in [3.05, 3.63) is 94.3 Å². The molecule has 0 saturated carbocycles. The number of rotatable bonds is 14. The zero-order valence-electron chi connectivity index (χ0n) is 24.0. The molecule has 1 aliphatic rings. The number of hydrogen-bond donors (Lipinski definition) is 3. The predicted molar refractivity (Wildman–Crippen MR) is 155 cm³/mol. The molecule has 2 aromatic carbocycles. The SMILES string of the molecule is COC/C(C)=C(\C=C(/C)C(CO)N(CCCCc1ccccc1)C(=O)NC1(C(=O)O)Cc2ccccc2C1)OC. The van der Waals surface area contributed by atoms with E-state index < -0.39 is 23.6 Å². The van der Waals surface area contributed by atoms with Gasteiger partial charge >= 0.3 is 12.0 Å². The monoisotopic (exact) mass is 550 g/mol. The number of aliphatic hydroxyl groups is 1. The van der Waals surface area contributed by atoms with E-state index in [1.54, 1.807) is 25.2 Å². The number of allylic oxidation sites excluding steroid dienone is 1. The summed E-state index contributed by atoms with van der Waals surface area (Å²) in [7, 11) is 3.17. The molecule has 8 heteroatoms. The molecule has 1 unspecified atom stereocenters. The third-order valence-electron chi connectivity index (χ3n) is 7.51. The molecule has 40 heavy (non-hydrogen) atoms. The lowest BCUT2D eigenvalue weighted by atomic mass is 9.96. The van der Waals surface area contributed by atoms with Gasteiger partial charge in [0.05, 0.1) is 26.4 Å². The Morgan fingerprint density at radius 3 is 2.20 bits per heavy atom. The molecule has 3 N–H and O–H groups in total. The number of nitrogens with one attached hydrogen (secondary N) is 1. The van der Waals surface area contributed by atoms with Crippen LogP contribution in [0, 0.1) is 0 Å². The number of carboxylic acid groups (broad SMARTS) is 1. The molecule has 1 atom stereocenters. The number of carbonyl (C=O) groups is 2. The number of nitrogens with zero attached hydrogens (tertiary/aromatic N) is 1. The molecular formula is C32H42N2O6. The van der Waals surface area contributed by atoms with E-state index in [0.29, 0.717) is 30.9 Å². The van der Waals surface area contributed by atoms with Crippen molar-refractivity contribution in [1.29, 1.82) is 0 Å². The van der Waals surface area contributed by atoms with Crippen molar-refractivity contribution in [2.24, 2.45) is 0 Å². The summed E-state index contributed by atoms with van der Waals surface area (Å²) in [5.74, 6) is -0.482. The number of methoxy groups -OCH3 is 2. The highest BCUT2D eigenvalue weighted by molar-refractivity contribution is 5.88. The lowest BCUT2D eigenvalue weighted by molar-refractivity contribution is -0.144. The molecule has 0 spiro atoms. The number of carbonyl (C=O) groups excluding carboxylic acids is 1. The summed E-state index contributed by atoms with van der Waals surface area (Å²) < 4.78 is 10.8. The van der Waals surface area contributed by atoms with E-state index in [-0.39, 0.29) is 19.4 Å². The Balaban J connectivity index is 1.86. The number of aliphatic carboxylic acids is 1. The molecule has 216 valence electrons. The van der Waals surface area contributed by atoms with Crippen LogP contribution >= 0.6 is 0 Å². The third-order valence-corrected chi connectivity index (χ3v) is 7.51. The Labute approximate surface area is 237 Å². The van der Waals surface area contributed by atoms with Gasteiger partial charge in [-0.3, -0.25) is 0 Å². The molecule has 3 rings (SSSR count). The first-order chi connectivity index (χ1) is 19.2. The van der Waals surface area contributed by atoms with Gasteiger partial charge < -0.3 is 29.9 Å². The maximum absolute atomic E-state index is 13.9. The van der Waals surface area contributed by atoms with Crippen LogP contribution in [-0.4, -0.2) is 72.7 Å². The molecule has 2 aromatic rings. The standard InChI is InChI=1S/C32H42N2O6/c1-23(18-29(40-4)24(2)22-39-3)28(21-35)34(17-11-10-14-25-12-6-5-7-13-25)31(38)33-32(30(36)37)19-26-15-8-9-16-27(26)20-32/h5-9,12-13,15-16,18,28,35H,10-11,14,17,19-22H2,1-4H3,(H,33,38)(H,36,37)/b23-18+,29-24+. The summed E-state index contributed by atoms with van der Waals surface area (Å²) in [6, 6.07) is 16.5. The van der Waals surface area contributed by atoms with Crippen LogP contribution in [0.25, 0.3) is 0 Å². The van der Waals surface area contributed by atoms with E-state index in [1.165, 1.54) is 5.56 Å². The van der Waals surface area contributed by atoms with Crippen LogP contribution in [0.5, 0.6) is 0 Å². The van der Waals surface area contributed by atoms with Gasteiger partial charge in [-0.05, 0) is 67.0 Å². The Bertz CT molecular complexity index is 1180. The number of ether oxygens (including phenoxy) is 2. The summed E-state index contributed by atoms with van der Waals surface area (Å²) in [5.41, 5.74) is 3.18. The van der Waals surface area contributed by atoms with E-state index in [0.717, 1.165) is 29.5 Å². The van der Waals surface area contributed by atoms with Crippen LogP contribution in [0.2, 0.25) is 0 Å². The fraction of sp³-hybridized carbons (Fsp3) is 0.438. The van der Waals surface area contributed by atoms with Crippen molar-refractivity contribution < 1.29 is 29.3 Å². The van der Waals surface area contributed by atoms with Crippen LogP contribution in [0.4, 0.5) is 4.79 Å². The molecule has 0 aromatic heterocycles. The second kappa shape index (κ2) is 14.7. The minimum absolute atomic E-state index is 0.206. The predicted octanol–water partition coefficient (Wildman–Crippen LogP) is 4.52. The molecule has 8 nitrogen and oxygen atoms in total. The van der Waals surface area contributed by atoms with Gasteiger partial charge in [0.15, 0.2) is 0 Å². The second-order valence-electron chi connectivity index (χ2n) is 10.4. The highest BCUT2D eigenvalue weighted by Gasteiger charge is 2.46. The minimum atomic E-state index is -1.45. The third kappa shape index (κ3) is 7.73. The maximum atomic E-state index is 13.9. The summed E-state index contributed by atoms with van der Waals surface area (Å²) in [6.45, 7) is 4.13. The number of carboxylic acids is 1. The van der Waals surface area contributed by atoms with Gasteiger partial charge in [0.25, 0.3) is 0 Å². The maximum Gasteiger partial charge on any atom is 0.330 e. The Morgan fingerprint density at radius 1 is 1.02 bits per heavy atom. The molecule has 0 bridgehead atoms. The number of fused-ring (bicyclic) bond motifs is 1. The van der Waals surface area contributed by atoms with Crippen molar-refractivity contribution in [3.63, 3.8) is 0 Å². The number of aliphatic hydroxyl groups excluding tert-OH is 1. The van der Waals surface area contributed by atoms with Gasteiger partial charge in [-0.1, -0.05) is 54.6 Å². The fourth-order valence-corrected chi connectivity index (χ4v) is 5.27. The number of hydrogen-bond acceptors (Lipinski definition) is 5. The summed E-state index contributed by atoms with van der Waals surface area (Å²) in [6.07, 6.45) is 4.59. The Morgan fingerprint density at radius 2 is 1.65 bits per heavy atom. The Kier molecular flexibility index (Phi) is 11.3. The van der Waals surface area contributed by atoms with Gasteiger partial charge in [0.2, 0.25) is 0 Å². The average molecular weight is 551 g/mol. The molecule has 0 radical (unpaired) electrons. The second-order valence-corrected chi connectivity index (χ2v) is 10.4. The summed E-state index contributed by atoms with van der Waals surface area (Å²) >= 11 is 0. The van der Waals surface area contributed by atoms with Crippen LogP contribution < -0.4 is 5.32 Å². The van der Waals surface area contributed by atoms with Crippen LogP contribution in [0.15, 0.2) is 77.6 Å². The van der Waals surface area contributed by atoms with Gasteiger partial charge in [0, 0.05) is 26.5 Å². The summed E-state index contributed by atoms with van der Waals surface area (Å²) in [4.78, 5) is 28.0. The van der Waals surface area contributed by atoms with Crippen molar-refractivity contribution in [2.45, 2.75) is 57.5 Å². The molecule has 2 amide bonds. The first-order valence-corrected chi connectivity index (χ1v) is 13.7. The largest absolute Gasteiger partial charge is 0.497 e. The first kappa shape index (κ1) is 30.9. The normalized spacial score (nSPS) is 15.6. The molecule has 0 aliphatic heterocycles. The van der Waals surface area contributed by atoms with Gasteiger partial charge in [0.1, 0.15) is 11.3 Å². The average Bonchev–Trinajstić information content (AvgIpc) is 3.33. The number of urea groups is 1. The van der Waals surface area contributed by atoms with E-state index in [2.05, 4.69) is 17.4 Å². The topological polar surface area (TPSA) is 108 Å². The van der Waals surface area contributed by atoms with E-state index >= 15 is 0 Å². The molecule has 0 saturated heterocycles. The number of aryl methyl sites for hydroxylation is 1. The molecule has 1 aliphatic carbocycles. The van der Waals surface area contributed by atoms with Crippen LogP contribution in [0.3, 0.4) is 0 Å². The lowest BCUT2D eigenvalue weighted by Crippen LogP contribution is -2.60. The summed E-state index contributed by atoms with van der Waals surface area (Å²) in [5, 5.41) is 23.6. The van der Waals surface area contributed by atoms with Gasteiger partial charge in [-0.2, -0.15) is 0 Å².